The lowest BCUT2D eigenvalue weighted by atomic mass is 10.1. The molecule has 18 heavy (non-hydrogen) atoms. The van der Waals surface area contributed by atoms with Crippen LogP contribution in [0.3, 0.4) is 0 Å². The van der Waals surface area contributed by atoms with Crippen molar-refractivity contribution in [2.75, 3.05) is 32.5 Å². The molecule has 0 bridgehead atoms. The Morgan fingerprint density at radius 3 is 2.72 bits per heavy atom. The van der Waals surface area contributed by atoms with Gasteiger partial charge in [0.25, 0.3) is 0 Å². The number of anilines is 1. The van der Waals surface area contributed by atoms with E-state index >= 15 is 0 Å². The van der Waals surface area contributed by atoms with Crippen LogP contribution in [0.5, 0.6) is 0 Å². The molecule has 0 radical (unpaired) electrons. The Balaban J connectivity index is 2.72. The molecule has 1 aromatic rings. The lowest BCUT2D eigenvalue weighted by Gasteiger charge is -2.24. The smallest absolute Gasteiger partial charge is 0.0589 e. The molecule has 0 saturated heterocycles. The molecular weight excluding hydrogens is 292 g/mol. The van der Waals surface area contributed by atoms with E-state index in [0.29, 0.717) is 5.92 Å². The van der Waals surface area contributed by atoms with E-state index in [1.807, 2.05) is 12.1 Å². The molecule has 1 rings (SSSR count). The van der Waals surface area contributed by atoms with Crippen molar-refractivity contribution in [1.82, 2.24) is 4.90 Å². The van der Waals surface area contributed by atoms with Crippen molar-refractivity contribution in [2.45, 2.75) is 20.4 Å². The molecule has 1 aromatic carbocycles. The molecule has 102 valence electrons. The first-order valence-electron chi connectivity index (χ1n) is 6.28. The van der Waals surface area contributed by atoms with Crippen LogP contribution >= 0.6 is 15.9 Å². The zero-order chi connectivity index (χ0) is 13.5. The SMILES string of the molecule is COCCN(Cc1cccc(N)c1Br)CC(C)C. The normalized spacial score (nSPS) is 11.4. The fourth-order valence-electron chi connectivity index (χ4n) is 1.93. The van der Waals surface area contributed by atoms with Crippen LogP contribution in [0.4, 0.5) is 5.69 Å². The van der Waals surface area contributed by atoms with E-state index in [9.17, 15) is 0 Å². The number of halogens is 1. The molecule has 0 aliphatic carbocycles. The van der Waals surface area contributed by atoms with Crippen molar-refractivity contribution >= 4 is 21.6 Å². The summed E-state index contributed by atoms with van der Waals surface area (Å²) in [5, 5.41) is 0. The molecule has 0 atom stereocenters. The Morgan fingerprint density at radius 1 is 1.39 bits per heavy atom. The van der Waals surface area contributed by atoms with E-state index in [0.717, 1.165) is 36.4 Å². The second-order valence-electron chi connectivity index (χ2n) is 4.94. The maximum absolute atomic E-state index is 5.91. The van der Waals surface area contributed by atoms with Gasteiger partial charge in [0.15, 0.2) is 0 Å². The lowest BCUT2D eigenvalue weighted by molar-refractivity contribution is 0.136. The van der Waals surface area contributed by atoms with E-state index in [2.05, 4.69) is 40.7 Å². The number of hydrogen-bond acceptors (Lipinski definition) is 3. The molecular formula is C14H23BrN2O. The third-order valence-electron chi connectivity index (χ3n) is 2.74. The van der Waals surface area contributed by atoms with Crippen LogP contribution in [0, 0.1) is 5.92 Å². The zero-order valence-electron chi connectivity index (χ0n) is 11.4. The van der Waals surface area contributed by atoms with Gasteiger partial charge in [-0.2, -0.15) is 0 Å². The molecule has 2 N–H and O–H groups in total. The Kier molecular flexibility index (Phi) is 6.68. The van der Waals surface area contributed by atoms with Crippen molar-refractivity contribution in [1.29, 1.82) is 0 Å². The number of nitrogen functional groups attached to an aromatic ring is 1. The van der Waals surface area contributed by atoms with Crippen LogP contribution in [0.2, 0.25) is 0 Å². The van der Waals surface area contributed by atoms with Crippen LogP contribution in [0.25, 0.3) is 0 Å². The molecule has 0 aromatic heterocycles. The number of ether oxygens (including phenoxy) is 1. The van der Waals surface area contributed by atoms with Crippen molar-refractivity contribution < 1.29 is 4.74 Å². The number of hydrogen-bond donors (Lipinski definition) is 1. The summed E-state index contributed by atoms with van der Waals surface area (Å²) in [5.74, 6) is 0.640. The van der Waals surface area contributed by atoms with Crippen molar-refractivity contribution in [3.05, 3.63) is 28.2 Å². The van der Waals surface area contributed by atoms with Gasteiger partial charge in [-0.1, -0.05) is 26.0 Å². The molecule has 0 spiro atoms. The molecule has 3 nitrogen and oxygen atoms in total. The van der Waals surface area contributed by atoms with Gasteiger partial charge < -0.3 is 10.5 Å². The van der Waals surface area contributed by atoms with Gasteiger partial charge in [0.05, 0.1) is 6.61 Å². The van der Waals surface area contributed by atoms with E-state index in [4.69, 9.17) is 10.5 Å². The lowest BCUT2D eigenvalue weighted by Crippen LogP contribution is -2.30. The summed E-state index contributed by atoms with van der Waals surface area (Å²) in [6.07, 6.45) is 0. The first-order chi connectivity index (χ1) is 8.54. The maximum Gasteiger partial charge on any atom is 0.0589 e. The van der Waals surface area contributed by atoms with Crippen LogP contribution in [-0.4, -0.2) is 31.7 Å². The second-order valence-corrected chi connectivity index (χ2v) is 5.74. The van der Waals surface area contributed by atoms with Crippen molar-refractivity contribution in [2.24, 2.45) is 5.92 Å². The van der Waals surface area contributed by atoms with Crippen LogP contribution in [-0.2, 0) is 11.3 Å². The summed E-state index contributed by atoms with van der Waals surface area (Å²) in [7, 11) is 1.74. The topological polar surface area (TPSA) is 38.5 Å². The molecule has 0 heterocycles. The molecule has 0 unspecified atom stereocenters. The number of methoxy groups -OCH3 is 1. The van der Waals surface area contributed by atoms with Gasteiger partial charge in [-0.05, 0) is 33.5 Å². The fraction of sp³-hybridized carbons (Fsp3) is 0.571. The van der Waals surface area contributed by atoms with Crippen LogP contribution in [0.15, 0.2) is 22.7 Å². The number of nitrogens with zero attached hydrogens (tertiary/aromatic N) is 1. The van der Waals surface area contributed by atoms with E-state index < -0.39 is 0 Å². The Hall–Kier alpha value is -0.580. The molecule has 0 fully saturated rings. The van der Waals surface area contributed by atoms with E-state index in [1.165, 1.54) is 5.56 Å². The Labute approximate surface area is 118 Å². The van der Waals surface area contributed by atoms with Gasteiger partial charge in [-0.25, -0.2) is 0 Å². The maximum atomic E-state index is 5.91. The highest BCUT2D eigenvalue weighted by Crippen LogP contribution is 2.25. The number of rotatable bonds is 7. The predicted octanol–water partition coefficient (Wildman–Crippen LogP) is 3.14. The van der Waals surface area contributed by atoms with Crippen LogP contribution in [0.1, 0.15) is 19.4 Å². The summed E-state index contributed by atoms with van der Waals surface area (Å²) in [6.45, 7) is 8.11. The summed E-state index contributed by atoms with van der Waals surface area (Å²) in [5.41, 5.74) is 7.93. The van der Waals surface area contributed by atoms with E-state index in [-0.39, 0.29) is 0 Å². The van der Waals surface area contributed by atoms with E-state index in [1.54, 1.807) is 7.11 Å². The zero-order valence-corrected chi connectivity index (χ0v) is 13.0. The second kappa shape index (κ2) is 7.77. The largest absolute Gasteiger partial charge is 0.398 e. The highest BCUT2D eigenvalue weighted by atomic mass is 79.9. The minimum Gasteiger partial charge on any atom is -0.398 e. The monoisotopic (exact) mass is 314 g/mol. The Morgan fingerprint density at radius 2 is 2.11 bits per heavy atom. The van der Waals surface area contributed by atoms with Gasteiger partial charge in [-0.15, -0.1) is 0 Å². The first-order valence-corrected chi connectivity index (χ1v) is 7.08. The van der Waals surface area contributed by atoms with Gasteiger partial charge >= 0.3 is 0 Å². The average Bonchev–Trinajstić information content (AvgIpc) is 2.31. The standard InChI is InChI=1S/C14H23BrN2O/c1-11(2)9-17(7-8-18-3)10-12-5-4-6-13(16)14(12)15/h4-6,11H,7-10,16H2,1-3H3. The first kappa shape index (κ1) is 15.5. The highest BCUT2D eigenvalue weighted by molar-refractivity contribution is 9.10. The van der Waals surface area contributed by atoms with Gasteiger partial charge in [0, 0.05) is 36.9 Å². The average molecular weight is 315 g/mol. The van der Waals surface area contributed by atoms with Gasteiger partial charge in [-0.3, -0.25) is 4.90 Å². The summed E-state index contributed by atoms with van der Waals surface area (Å²) in [4.78, 5) is 2.40. The quantitative estimate of drug-likeness (QED) is 0.786. The third-order valence-corrected chi connectivity index (χ3v) is 3.70. The number of benzene rings is 1. The summed E-state index contributed by atoms with van der Waals surface area (Å²) >= 11 is 3.56. The number of nitrogens with two attached hydrogens (primary N) is 1. The third kappa shape index (κ3) is 4.96. The Bertz CT molecular complexity index is 369. The minimum atomic E-state index is 0.640. The molecule has 0 aliphatic rings. The molecule has 0 saturated carbocycles. The molecule has 0 amide bonds. The molecule has 0 aliphatic heterocycles. The summed E-state index contributed by atoms with van der Waals surface area (Å²) < 4.78 is 6.18. The van der Waals surface area contributed by atoms with Crippen molar-refractivity contribution in [3.63, 3.8) is 0 Å². The molecule has 4 heteroatoms. The fourth-order valence-corrected chi connectivity index (χ4v) is 2.32. The summed E-state index contributed by atoms with van der Waals surface area (Å²) in [6, 6.07) is 6.02. The van der Waals surface area contributed by atoms with Crippen LogP contribution < -0.4 is 5.73 Å². The van der Waals surface area contributed by atoms with Gasteiger partial charge in [0.1, 0.15) is 0 Å². The highest BCUT2D eigenvalue weighted by Gasteiger charge is 2.11. The predicted molar refractivity (Wildman–Crippen MR) is 80.5 cm³/mol. The van der Waals surface area contributed by atoms with Crippen molar-refractivity contribution in [3.8, 4) is 0 Å². The van der Waals surface area contributed by atoms with Gasteiger partial charge in [0.2, 0.25) is 0 Å². The minimum absolute atomic E-state index is 0.640.